The minimum absolute atomic E-state index is 0.0237. The van der Waals surface area contributed by atoms with E-state index in [1.54, 1.807) is 0 Å². The Morgan fingerprint density at radius 2 is 2.05 bits per heavy atom. The minimum Gasteiger partial charge on any atom is -0.504 e. The van der Waals surface area contributed by atoms with Crippen molar-refractivity contribution in [1.29, 1.82) is 0 Å². The molecule has 106 valence electrons. The molecule has 0 aromatic heterocycles. The molecule has 0 heterocycles. The van der Waals surface area contributed by atoms with Crippen molar-refractivity contribution in [3.05, 3.63) is 23.8 Å². The maximum absolute atomic E-state index is 12.3. The normalized spacial score (nSPS) is 11.2. The summed E-state index contributed by atoms with van der Waals surface area (Å²) in [6, 6.07) is 3.71. The van der Waals surface area contributed by atoms with Gasteiger partial charge in [0.05, 0.1) is 7.11 Å². The lowest BCUT2D eigenvalue weighted by molar-refractivity contribution is -0.140. The van der Waals surface area contributed by atoms with Crippen LogP contribution >= 0.6 is 0 Å². The second-order valence-electron chi connectivity index (χ2n) is 3.82. The Hall–Kier alpha value is -1.92. The molecular formula is C12H14F3NO3. The van der Waals surface area contributed by atoms with Crippen LogP contribution in [0.1, 0.15) is 17.3 Å². The first-order valence-corrected chi connectivity index (χ1v) is 5.51. The van der Waals surface area contributed by atoms with Crippen LogP contribution in [0.2, 0.25) is 0 Å². The van der Waals surface area contributed by atoms with E-state index in [4.69, 9.17) is 4.74 Å². The van der Waals surface area contributed by atoms with Crippen molar-refractivity contribution in [2.24, 2.45) is 0 Å². The average Bonchev–Trinajstić information content (AvgIpc) is 2.34. The Bertz CT molecular complexity index is 460. The number of benzene rings is 1. The van der Waals surface area contributed by atoms with Crippen molar-refractivity contribution in [3.8, 4) is 11.5 Å². The topological polar surface area (TPSA) is 49.8 Å². The number of carbonyl (C=O) groups excluding carboxylic acids is 1. The van der Waals surface area contributed by atoms with Gasteiger partial charge >= 0.3 is 6.18 Å². The highest BCUT2D eigenvalue weighted by Crippen LogP contribution is 2.27. The summed E-state index contributed by atoms with van der Waals surface area (Å²) in [7, 11) is 1.33. The first-order valence-electron chi connectivity index (χ1n) is 5.51. The predicted octanol–water partition coefficient (Wildman–Crippen LogP) is 2.43. The Labute approximate surface area is 108 Å². The zero-order chi connectivity index (χ0) is 14.6. The van der Waals surface area contributed by atoms with Crippen molar-refractivity contribution in [2.75, 3.05) is 20.2 Å². The number of ether oxygens (including phenoxy) is 1. The third-order valence-corrected chi connectivity index (χ3v) is 2.46. The Kier molecular flexibility index (Phi) is 4.63. The fourth-order valence-corrected chi connectivity index (χ4v) is 1.55. The molecule has 0 atom stereocenters. The fraction of sp³-hybridized carbons (Fsp3) is 0.417. The van der Waals surface area contributed by atoms with E-state index >= 15 is 0 Å². The van der Waals surface area contributed by atoms with Crippen LogP contribution in [0, 0.1) is 0 Å². The van der Waals surface area contributed by atoms with E-state index < -0.39 is 18.6 Å². The average molecular weight is 277 g/mol. The maximum atomic E-state index is 12.3. The number of hydrogen-bond donors (Lipinski definition) is 1. The van der Waals surface area contributed by atoms with Gasteiger partial charge in [-0.1, -0.05) is 0 Å². The number of methoxy groups -OCH3 is 1. The molecule has 1 N–H and O–H groups in total. The number of carbonyl (C=O) groups is 1. The van der Waals surface area contributed by atoms with Crippen molar-refractivity contribution in [3.63, 3.8) is 0 Å². The fourth-order valence-electron chi connectivity index (χ4n) is 1.55. The number of phenolic OH excluding ortho intramolecular Hbond substituents is 1. The summed E-state index contributed by atoms with van der Waals surface area (Å²) in [5.74, 6) is -0.940. The van der Waals surface area contributed by atoms with Gasteiger partial charge in [0.15, 0.2) is 11.5 Å². The van der Waals surface area contributed by atoms with E-state index in [-0.39, 0.29) is 23.6 Å². The molecule has 1 amide bonds. The highest BCUT2D eigenvalue weighted by molar-refractivity contribution is 5.94. The predicted molar refractivity (Wildman–Crippen MR) is 62.3 cm³/mol. The summed E-state index contributed by atoms with van der Waals surface area (Å²) in [5, 5.41) is 9.51. The lowest BCUT2D eigenvalue weighted by atomic mass is 10.1. The number of phenols is 1. The molecule has 0 saturated heterocycles. The molecule has 7 heteroatoms. The summed E-state index contributed by atoms with van der Waals surface area (Å²) < 4.78 is 41.7. The molecule has 0 aliphatic carbocycles. The molecule has 1 aromatic carbocycles. The van der Waals surface area contributed by atoms with Gasteiger partial charge in [0.25, 0.3) is 5.91 Å². The van der Waals surface area contributed by atoms with Gasteiger partial charge in [0.2, 0.25) is 0 Å². The van der Waals surface area contributed by atoms with Crippen LogP contribution in [0.4, 0.5) is 13.2 Å². The molecule has 1 rings (SSSR count). The molecule has 0 aliphatic rings. The molecule has 0 bridgehead atoms. The number of halogens is 3. The van der Waals surface area contributed by atoms with Crippen LogP contribution in [0.15, 0.2) is 18.2 Å². The number of rotatable bonds is 4. The van der Waals surface area contributed by atoms with Crippen molar-refractivity contribution in [1.82, 2.24) is 4.90 Å². The van der Waals surface area contributed by atoms with Gasteiger partial charge in [0.1, 0.15) is 6.54 Å². The Morgan fingerprint density at radius 3 is 2.47 bits per heavy atom. The van der Waals surface area contributed by atoms with E-state index in [9.17, 15) is 23.1 Å². The molecule has 1 aromatic rings. The van der Waals surface area contributed by atoms with Crippen LogP contribution in [-0.2, 0) is 0 Å². The van der Waals surface area contributed by atoms with Crippen LogP contribution < -0.4 is 4.74 Å². The van der Waals surface area contributed by atoms with Crippen molar-refractivity contribution < 1.29 is 27.8 Å². The molecule has 0 spiro atoms. The summed E-state index contributed by atoms with van der Waals surface area (Å²) in [6.45, 7) is 0.0489. The number of amides is 1. The van der Waals surface area contributed by atoms with E-state index in [2.05, 4.69) is 0 Å². The monoisotopic (exact) mass is 277 g/mol. The third-order valence-electron chi connectivity index (χ3n) is 2.46. The van der Waals surface area contributed by atoms with E-state index in [1.807, 2.05) is 0 Å². The molecule has 0 radical (unpaired) electrons. The molecule has 4 nitrogen and oxygen atoms in total. The summed E-state index contributed by atoms with van der Waals surface area (Å²) >= 11 is 0. The number of alkyl halides is 3. The van der Waals surface area contributed by atoms with E-state index in [0.717, 1.165) is 6.07 Å². The molecule has 0 fully saturated rings. The van der Waals surface area contributed by atoms with Gasteiger partial charge in [-0.15, -0.1) is 0 Å². The SMILES string of the molecule is CCN(CC(F)(F)F)C(=O)c1ccc(OC)c(O)c1. The Morgan fingerprint density at radius 1 is 1.42 bits per heavy atom. The molecule has 0 saturated carbocycles. The number of nitrogens with zero attached hydrogens (tertiary/aromatic N) is 1. The summed E-state index contributed by atoms with van der Waals surface area (Å²) in [4.78, 5) is 12.5. The van der Waals surface area contributed by atoms with E-state index in [0.29, 0.717) is 4.90 Å². The minimum atomic E-state index is -4.46. The number of aromatic hydroxyl groups is 1. The quantitative estimate of drug-likeness (QED) is 0.919. The summed E-state index contributed by atoms with van der Waals surface area (Å²) in [5.41, 5.74) is -0.0237. The van der Waals surface area contributed by atoms with Gasteiger partial charge in [-0.25, -0.2) is 0 Å². The zero-order valence-electron chi connectivity index (χ0n) is 10.5. The maximum Gasteiger partial charge on any atom is 0.406 e. The van der Waals surface area contributed by atoms with Crippen molar-refractivity contribution >= 4 is 5.91 Å². The van der Waals surface area contributed by atoms with Gasteiger partial charge in [-0.3, -0.25) is 4.79 Å². The molecular weight excluding hydrogens is 263 g/mol. The van der Waals surface area contributed by atoms with Gasteiger partial charge < -0.3 is 14.7 Å². The first-order chi connectivity index (χ1) is 8.78. The first kappa shape index (κ1) is 15.1. The van der Waals surface area contributed by atoms with Crippen molar-refractivity contribution in [2.45, 2.75) is 13.1 Å². The number of hydrogen-bond acceptors (Lipinski definition) is 3. The molecule has 19 heavy (non-hydrogen) atoms. The van der Waals surface area contributed by atoms with Crippen LogP contribution in [0.25, 0.3) is 0 Å². The molecule has 0 unspecified atom stereocenters. The summed E-state index contributed by atoms with van der Waals surface area (Å²) in [6.07, 6.45) is -4.46. The largest absolute Gasteiger partial charge is 0.504 e. The van der Waals surface area contributed by atoms with Gasteiger partial charge in [-0.2, -0.15) is 13.2 Å². The second kappa shape index (κ2) is 5.81. The van der Waals surface area contributed by atoms with Gasteiger partial charge in [-0.05, 0) is 25.1 Å². The third kappa shape index (κ3) is 4.04. The molecule has 0 aliphatic heterocycles. The standard InChI is InChI=1S/C12H14F3NO3/c1-3-16(7-12(13,14)15)11(18)8-4-5-10(19-2)9(17)6-8/h4-6,17H,3,7H2,1-2H3. The van der Waals surface area contributed by atoms with E-state index in [1.165, 1.54) is 26.2 Å². The lowest BCUT2D eigenvalue weighted by Gasteiger charge is -2.22. The van der Waals surface area contributed by atoms with Crippen LogP contribution in [-0.4, -0.2) is 42.3 Å². The highest BCUT2D eigenvalue weighted by Gasteiger charge is 2.32. The van der Waals surface area contributed by atoms with Crippen LogP contribution in [0.3, 0.4) is 0 Å². The smallest absolute Gasteiger partial charge is 0.406 e. The highest BCUT2D eigenvalue weighted by atomic mass is 19.4. The van der Waals surface area contributed by atoms with Crippen LogP contribution in [0.5, 0.6) is 11.5 Å². The Balaban J connectivity index is 2.95. The van der Waals surface area contributed by atoms with Gasteiger partial charge in [0, 0.05) is 12.1 Å². The second-order valence-corrected chi connectivity index (χ2v) is 3.82. The lowest BCUT2D eigenvalue weighted by Crippen LogP contribution is -2.38. The zero-order valence-corrected chi connectivity index (χ0v) is 10.5.